The Morgan fingerprint density at radius 1 is 1.42 bits per heavy atom. The molecule has 19 heavy (non-hydrogen) atoms. The number of aryl methyl sites for hydroxylation is 1. The minimum atomic E-state index is 0.435. The number of thiophene rings is 1. The molecule has 100 valence electrons. The monoisotopic (exact) mass is 293 g/mol. The van der Waals surface area contributed by atoms with E-state index in [-0.39, 0.29) is 0 Å². The van der Waals surface area contributed by atoms with Gasteiger partial charge in [-0.15, -0.1) is 11.3 Å². The van der Waals surface area contributed by atoms with Crippen molar-refractivity contribution in [2.45, 2.75) is 25.4 Å². The van der Waals surface area contributed by atoms with Gasteiger partial charge in [0.05, 0.1) is 11.4 Å². The lowest BCUT2D eigenvalue weighted by atomic mass is 10.1. The maximum Gasteiger partial charge on any atom is 0.119 e. The summed E-state index contributed by atoms with van der Waals surface area (Å²) < 4.78 is 6.14. The topological polar surface area (TPSA) is 21.3 Å². The molecule has 1 aliphatic rings. The van der Waals surface area contributed by atoms with Gasteiger partial charge in [-0.05, 0) is 42.2 Å². The SMILES string of the molecule is COc1cccc(CNC2CCc3sc(Cl)cc32)c1. The van der Waals surface area contributed by atoms with Crippen LogP contribution in [-0.2, 0) is 13.0 Å². The van der Waals surface area contributed by atoms with Crippen LogP contribution in [0.25, 0.3) is 0 Å². The van der Waals surface area contributed by atoms with Crippen LogP contribution < -0.4 is 10.1 Å². The number of nitrogens with one attached hydrogen (secondary N) is 1. The van der Waals surface area contributed by atoms with E-state index in [1.54, 1.807) is 18.4 Å². The standard InChI is InChI=1S/C15H16ClNOS/c1-18-11-4-2-3-10(7-11)9-17-13-5-6-14-12(13)8-15(16)19-14/h2-4,7-8,13,17H,5-6,9H2,1H3. The summed E-state index contributed by atoms with van der Waals surface area (Å²) in [5, 5.41) is 3.61. The zero-order valence-corrected chi connectivity index (χ0v) is 12.4. The number of fused-ring (bicyclic) bond motifs is 1. The molecule has 1 heterocycles. The average molecular weight is 294 g/mol. The molecule has 0 aliphatic heterocycles. The van der Waals surface area contributed by atoms with Gasteiger partial charge < -0.3 is 10.1 Å². The molecule has 3 rings (SSSR count). The molecule has 0 saturated carbocycles. The number of hydrogen-bond acceptors (Lipinski definition) is 3. The van der Waals surface area contributed by atoms with Gasteiger partial charge in [0.1, 0.15) is 5.75 Å². The smallest absolute Gasteiger partial charge is 0.119 e. The second kappa shape index (κ2) is 5.53. The Kier molecular flexibility index (Phi) is 3.78. The number of hydrogen-bond donors (Lipinski definition) is 1. The van der Waals surface area contributed by atoms with Crippen LogP contribution in [0, 0.1) is 0 Å². The Morgan fingerprint density at radius 3 is 3.16 bits per heavy atom. The summed E-state index contributed by atoms with van der Waals surface area (Å²) in [7, 11) is 1.70. The molecular formula is C15H16ClNOS. The summed E-state index contributed by atoms with van der Waals surface area (Å²) in [6.45, 7) is 0.856. The number of methoxy groups -OCH3 is 1. The van der Waals surface area contributed by atoms with Crippen molar-refractivity contribution in [3.63, 3.8) is 0 Å². The van der Waals surface area contributed by atoms with Crippen molar-refractivity contribution in [1.29, 1.82) is 0 Å². The van der Waals surface area contributed by atoms with Crippen molar-refractivity contribution in [3.8, 4) is 5.75 Å². The first-order valence-corrected chi connectivity index (χ1v) is 7.60. The second-order valence-electron chi connectivity index (χ2n) is 4.75. The van der Waals surface area contributed by atoms with E-state index in [1.807, 2.05) is 12.1 Å². The van der Waals surface area contributed by atoms with Gasteiger partial charge in [0, 0.05) is 17.5 Å². The highest BCUT2D eigenvalue weighted by molar-refractivity contribution is 7.16. The maximum atomic E-state index is 6.07. The molecule has 0 radical (unpaired) electrons. The molecule has 2 nitrogen and oxygen atoms in total. The lowest BCUT2D eigenvalue weighted by molar-refractivity contribution is 0.413. The third-order valence-corrected chi connectivity index (χ3v) is 4.87. The Morgan fingerprint density at radius 2 is 2.32 bits per heavy atom. The summed E-state index contributed by atoms with van der Waals surface area (Å²) >= 11 is 7.79. The van der Waals surface area contributed by atoms with Crippen LogP contribution >= 0.6 is 22.9 Å². The van der Waals surface area contributed by atoms with Crippen molar-refractivity contribution in [2.24, 2.45) is 0 Å². The molecule has 1 N–H and O–H groups in total. The summed E-state index contributed by atoms with van der Waals surface area (Å²) in [4.78, 5) is 1.44. The molecule has 1 aromatic carbocycles. The molecule has 1 unspecified atom stereocenters. The first-order chi connectivity index (χ1) is 9.26. The Balaban J connectivity index is 1.67. The van der Waals surface area contributed by atoms with Crippen molar-refractivity contribution < 1.29 is 4.74 Å². The number of benzene rings is 1. The van der Waals surface area contributed by atoms with E-state index < -0.39 is 0 Å². The fourth-order valence-electron chi connectivity index (χ4n) is 2.57. The Bertz CT molecular complexity index is 581. The van der Waals surface area contributed by atoms with E-state index in [0.29, 0.717) is 6.04 Å². The summed E-state index contributed by atoms with van der Waals surface area (Å²) in [6.07, 6.45) is 2.31. The van der Waals surface area contributed by atoms with Crippen LogP contribution in [0.1, 0.15) is 28.5 Å². The van der Waals surface area contributed by atoms with Gasteiger partial charge in [-0.1, -0.05) is 23.7 Å². The van der Waals surface area contributed by atoms with Crippen LogP contribution in [0.15, 0.2) is 30.3 Å². The average Bonchev–Trinajstić information content (AvgIpc) is 2.96. The molecule has 0 amide bonds. The largest absolute Gasteiger partial charge is 0.497 e. The molecule has 1 aliphatic carbocycles. The van der Waals surface area contributed by atoms with E-state index in [0.717, 1.165) is 23.1 Å². The first kappa shape index (κ1) is 13.0. The fraction of sp³-hybridized carbons (Fsp3) is 0.333. The van der Waals surface area contributed by atoms with E-state index >= 15 is 0 Å². The molecule has 0 spiro atoms. The second-order valence-corrected chi connectivity index (χ2v) is 6.52. The third-order valence-electron chi connectivity index (χ3n) is 3.53. The molecular weight excluding hydrogens is 278 g/mol. The van der Waals surface area contributed by atoms with Gasteiger partial charge in [-0.2, -0.15) is 0 Å². The van der Waals surface area contributed by atoms with Crippen molar-refractivity contribution >= 4 is 22.9 Å². The summed E-state index contributed by atoms with van der Waals surface area (Å²) in [5.74, 6) is 0.907. The summed E-state index contributed by atoms with van der Waals surface area (Å²) in [6, 6.07) is 10.7. The van der Waals surface area contributed by atoms with E-state index in [1.165, 1.54) is 22.4 Å². The van der Waals surface area contributed by atoms with Gasteiger partial charge in [-0.25, -0.2) is 0 Å². The molecule has 0 bridgehead atoms. The highest BCUT2D eigenvalue weighted by atomic mass is 35.5. The van der Waals surface area contributed by atoms with Crippen LogP contribution in [0.2, 0.25) is 4.34 Å². The van der Waals surface area contributed by atoms with Crippen molar-refractivity contribution in [1.82, 2.24) is 5.32 Å². The van der Waals surface area contributed by atoms with Gasteiger partial charge in [-0.3, -0.25) is 0 Å². The third kappa shape index (κ3) is 2.78. The zero-order chi connectivity index (χ0) is 13.2. The number of ether oxygens (including phenoxy) is 1. The number of rotatable bonds is 4. The Labute approximate surface area is 122 Å². The lowest BCUT2D eigenvalue weighted by Gasteiger charge is -2.13. The van der Waals surface area contributed by atoms with E-state index in [9.17, 15) is 0 Å². The van der Waals surface area contributed by atoms with Gasteiger partial charge >= 0.3 is 0 Å². The highest BCUT2D eigenvalue weighted by Gasteiger charge is 2.24. The van der Waals surface area contributed by atoms with Crippen molar-refractivity contribution in [3.05, 3.63) is 50.7 Å². The van der Waals surface area contributed by atoms with Crippen LogP contribution in [0.5, 0.6) is 5.75 Å². The lowest BCUT2D eigenvalue weighted by Crippen LogP contribution is -2.18. The van der Waals surface area contributed by atoms with Crippen LogP contribution in [0.4, 0.5) is 0 Å². The first-order valence-electron chi connectivity index (χ1n) is 6.40. The molecule has 1 aromatic heterocycles. The maximum absolute atomic E-state index is 6.07. The van der Waals surface area contributed by atoms with Crippen molar-refractivity contribution in [2.75, 3.05) is 7.11 Å². The van der Waals surface area contributed by atoms with Gasteiger partial charge in [0.15, 0.2) is 0 Å². The normalized spacial score (nSPS) is 17.5. The molecule has 4 heteroatoms. The molecule has 1 atom stereocenters. The van der Waals surface area contributed by atoms with Gasteiger partial charge in [0.25, 0.3) is 0 Å². The van der Waals surface area contributed by atoms with Crippen LogP contribution in [0.3, 0.4) is 0 Å². The predicted octanol–water partition coefficient (Wildman–Crippen LogP) is 4.19. The van der Waals surface area contributed by atoms with Crippen LogP contribution in [-0.4, -0.2) is 7.11 Å². The predicted molar refractivity (Wildman–Crippen MR) is 80.2 cm³/mol. The van der Waals surface area contributed by atoms with E-state index in [2.05, 4.69) is 23.5 Å². The minimum absolute atomic E-state index is 0.435. The number of halogens is 1. The zero-order valence-electron chi connectivity index (χ0n) is 10.8. The van der Waals surface area contributed by atoms with E-state index in [4.69, 9.17) is 16.3 Å². The summed E-state index contributed by atoms with van der Waals surface area (Å²) in [5.41, 5.74) is 2.63. The Hall–Kier alpha value is -1.03. The quantitative estimate of drug-likeness (QED) is 0.913. The minimum Gasteiger partial charge on any atom is -0.497 e. The highest BCUT2D eigenvalue weighted by Crippen LogP contribution is 2.39. The molecule has 2 aromatic rings. The molecule has 0 fully saturated rings. The fourth-order valence-corrected chi connectivity index (χ4v) is 3.92. The molecule has 0 saturated heterocycles. The van der Waals surface area contributed by atoms with Gasteiger partial charge in [0.2, 0.25) is 0 Å².